The van der Waals surface area contributed by atoms with Crippen molar-refractivity contribution < 1.29 is 13.6 Å². The van der Waals surface area contributed by atoms with Crippen molar-refractivity contribution in [1.29, 1.82) is 0 Å². The highest BCUT2D eigenvalue weighted by molar-refractivity contribution is 6.32. The second kappa shape index (κ2) is 9.45. The van der Waals surface area contributed by atoms with Crippen LogP contribution in [0.2, 0.25) is 10.0 Å². The maximum Gasteiger partial charge on any atom is 0.248 e. The summed E-state index contributed by atoms with van der Waals surface area (Å²) in [4.78, 5) is 17.0. The van der Waals surface area contributed by atoms with Crippen molar-refractivity contribution in [1.82, 2.24) is 4.98 Å². The number of fused-ring (bicyclic) bond motifs is 1. The normalized spacial score (nSPS) is 11.4. The Morgan fingerprint density at radius 2 is 1.57 bits per heavy atom. The van der Waals surface area contributed by atoms with Gasteiger partial charge in [-0.1, -0.05) is 41.4 Å². The molecule has 0 fully saturated rings. The molecule has 1 N–H and O–H groups in total. The molecule has 174 valence electrons. The minimum Gasteiger partial charge on any atom is -0.457 e. The molecule has 7 heteroatoms. The Morgan fingerprint density at radius 1 is 0.857 bits per heavy atom. The van der Waals surface area contributed by atoms with Crippen LogP contribution in [0.1, 0.15) is 16.9 Å². The zero-order valence-corrected chi connectivity index (χ0v) is 20.4. The Balaban J connectivity index is 1.28. The third-order valence-electron chi connectivity index (χ3n) is 5.56. The molecule has 0 aliphatic heterocycles. The van der Waals surface area contributed by atoms with Gasteiger partial charge in [0, 0.05) is 32.9 Å². The molecule has 35 heavy (non-hydrogen) atoms. The van der Waals surface area contributed by atoms with Gasteiger partial charge in [0.2, 0.25) is 11.8 Å². The van der Waals surface area contributed by atoms with Gasteiger partial charge >= 0.3 is 0 Å². The first-order valence-corrected chi connectivity index (χ1v) is 11.6. The molecule has 0 aliphatic rings. The number of nitrogens with one attached hydrogen (secondary N) is 1. The van der Waals surface area contributed by atoms with Crippen LogP contribution in [0.15, 0.2) is 81.6 Å². The van der Waals surface area contributed by atoms with Gasteiger partial charge in [-0.05, 0) is 79.6 Å². The van der Waals surface area contributed by atoms with Gasteiger partial charge in [-0.25, -0.2) is 4.98 Å². The fraction of sp³-hybridized carbons (Fsp3) is 0.0714. The van der Waals surface area contributed by atoms with Crippen LogP contribution in [0.25, 0.3) is 40.0 Å². The molecule has 5 aromatic rings. The van der Waals surface area contributed by atoms with Crippen LogP contribution < -0.4 is 5.32 Å². The van der Waals surface area contributed by atoms with E-state index in [-0.39, 0.29) is 5.91 Å². The highest BCUT2D eigenvalue weighted by Crippen LogP contribution is 2.30. The number of hydrogen-bond donors (Lipinski definition) is 1. The molecule has 5 rings (SSSR count). The van der Waals surface area contributed by atoms with Crippen molar-refractivity contribution >= 4 is 52.0 Å². The highest BCUT2D eigenvalue weighted by Gasteiger charge is 2.11. The number of aryl methyl sites for hydroxylation is 2. The lowest BCUT2D eigenvalue weighted by molar-refractivity contribution is -0.111. The first-order valence-electron chi connectivity index (χ1n) is 10.9. The summed E-state index contributed by atoms with van der Waals surface area (Å²) >= 11 is 12.4. The lowest BCUT2D eigenvalue weighted by Crippen LogP contribution is -2.07. The average molecular weight is 503 g/mol. The number of furan rings is 1. The molecular formula is C28H20Cl2N2O3. The monoisotopic (exact) mass is 502 g/mol. The van der Waals surface area contributed by atoms with Crippen LogP contribution in [0.3, 0.4) is 0 Å². The minimum atomic E-state index is -0.297. The Labute approximate surface area is 212 Å². The van der Waals surface area contributed by atoms with Gasteiger partial charge < -0.3 is 14.2 Å². The summed E-state index contributed by atoms with van der Waals surface area (Å²) in [5.74, 6) is 1.40. The number of benzene rings is 3. The van der Waals surface area contributed by atoms with E-state index < -0.39 is 0 Å². The molecule has 5 nitrogen and oxygen atoms in total. The lowest BCUT2D eigenvalue weighted by atomic mass is 10.1. The van der Waals surface area contributed by atoms with Gasteiger partial charge in [0.05, 0.1) is 0 Å². The van der Waals surface area contributed by atoms with Gasteiger partial charge in [-0.3, -0.25) is 4.79 Å². The lowest BCUT2D eigenvalue weighted by Gasteiger charge is -2.01. The van der Waals surface area contributed by atoms with Crippen molar-refractivity contribution in [2.24, 2.45) is 0 Å². The fourth-order valence-electron chi connectivity index (χ4n) is 3.54. The Morgan fingerprint density at radius 3 is 2.31 bits per heavy atom. The molecule has 0 atom stereocenters. The summed E-state index contributed by atoms with van der Waals surface area (Å²) < 4.78 is 11.7. The summed E-state index contributed by atoms with van der Waals surface area (Å²) in [5.41, 5.74) is 5.49. The summed E-state index contributed by atoms with van der Waals surface area (Å²) in [6.45, 7) is 3.88. The number of nitrogens with zero attached hydrogens (tertiary/aromatic N) is 1. The zero-order chi connectivity index (χ0) is 24.5. The van der Waals surface area contributed by atoms with Gasteiger partial charge in [-0.15, -0.1) is 0 Å². The molecule has 0 aliphatic carbocycles. The van der Waals surface area contributed by atoms with Gasteiger partial charge in [0.15, 0.2) is 5.58 Å². The minimum absolute atomic E-state index is 0.297. The number of carbonyl (C=O) groups is 1. The molecule has 3 aromatic carbocycles. The maximum absolute atomic E-state index is 12.5. The number of amides is 1. The smallest absolute Gasteiger partial charge is 0.248 e. The molecule has 0 saturated heterocycles. The van der Waals surface area contributed by atoms with Crippen LogP contribution in [0.4, 0.5) is 5.69 Å². The van der Waals surface area contributed by atoms with Crippen molar-refractivity contribution in [3.05, 3.63) is 99.7 Å². The molecule has 0 bridgehead atoms. The van der Waals surface area contributed by atoms with E-state index in [9.17, 15) is 4.79 Å². The van der Waals surface area contributed by atoms with Gasteiger partial charge in [0.1, 0.15) is 17.0 Å². The average Bonchev–Trinajstić information content (AvgIpc) is 3.48. The third-order valence-corrected chi connectivity index (χ3v) is 6.37. The molecule has 2 aromatic heterocycles. The SMILES string of the molecule is Cc1ccc(-c2ccc(C=CC(=O)Nc3ccc4oc(-c5ccc(C)c(Cl)c5)nc4c3)o2)cc1Cl. The number of rotatable bonds is 5. The Kier molecular flexibility index (Phi) is 6.20. The fourth-order valence-corrected chi connectivity index (χ4v) is 3.90. The van der Waals surface area contributed by atoms with Crippen LogP contribution in [-0.2, 0) is 4.79 Å². The molecular weight excluding hydrogens is 483 g/mol. The number of hydrogen-bond acceptors (Lipinski definition) is 4. The maximum atomic E-state index is 12.5. The summed E-state index contributed by atoms with van der Waals surface area (Å²) in [6, 6.07) is 20.3. The second-order valence-electron chi connectivity index (χ2n) is 8.15. The van der Waals surface area contributed by atoms with Gasteiger partial charge in [-0.2, -0.15) is 0 Å². The molecule has 0 unspecified atom stereocenters. The molecule has 1 amide bonds. The predicted molar refractivity (Wildman–Crippen MR) is 141 cm³/mol. The number of oxazole rings is 1. The molecule has 2 heterocycles. The largest absolute Gasteiger partial charge is 0.457 e. The standard InChI is InChI=1S/C28H20Cl2N2O3/c1-16-3-5-18(13-22(16)29)25-11-8-21(34-25)9-12-27(33)31-20-7-10-26-24(15-20)32-28(35-26)19-6-4-17(2)23(30)14-19/h3-15H,1-2H3,(H,31,33). The summed E-state index contributed by atoms with van der Waals surface area (Å²) in [6.07, 6.45) is 3.03. The molecule has 0 radical (unpaired) electrons. The number of aromatic nitrogens is 1. The highest BCUT2D eigenvalue weighted by atomic mass is 35.5. The van der Waals surface area contributed by atoms with Crippen LogP contribution in [0.5, 0.6) is 0 Å². The van der Waals surface area contributed by atoms with E-state index in [0.717, 1.165) is 22.3 Å². The quantitative estimate of drug-likeness (QED) is 0.245. The van der Waals surface area contributed by atoms with Crippen molar-refractivity contribution in [3.63, 3.8) is 0 Å². The van der Waals surface area contributed by atoms with E-state index in [1.165, 1.54) is 6.08 Å². The Hall–Kier alpha value is -3.80. The summed E-state index contributed by atoms with van der Waals surface area (Å²) in [5, 5.41) is 4.16. The van der Waals surface area contributed by atoms with Crippen LogP contribution in [0, 0.1) is 13.8 Å². The molecule has 0 spiro atoms. The third kappa shape index (κ3) is 5.02. The first-order chi connectivity index (χ1) is 16.9. The van der Waals surface area contributed by atoms with Crippen molar-refractivity contribution in [3.8, 4) is 22.8 Å². The predicted octanol–water partition coefficient (Wildman–Crippen LogP) is 8.33. The molecule has 0 saturated carbocycles. The van der Waals surface area contributed by atoms with Gasteiger partial charge in [0.25, 0.3) is 0 Å². The second-order valence-corrected chi connectivity index (χ2v) is 8.97. The number of halogens is 2. The van der Waals surface area contributed by atoms with Crippen LogP contribution in [-0.4, -0.2) is 10.9 Å². The summed E-state index contributed by atoms with van der Waals surface area (Å²) in [7, 11) is 0. The van der Waals surface area contributed by atoms with E-state index in [1.54, 1.807) is 30.3 Å². The van der Waals surface area contributed by atoms with E-state index in [1.807, 2.05) is 56.3 Å². The van der Waals surface area contributed by atoms with E-state index in [2.05, 4.69) is 10.3 Å². The Bertz CT molecular complexity index is 1600. The first kappa shape index (κ1) is 23.0. The van der Waals surface area contributed by atoms with Crippen molar-refractivity contribution in [2.45, 2.75) is 13.8 Å². The van der Waals surface area contributed by atoms with E-state index >= 15 is 0 Å². The van der Waals surface area contributed by atoms with Crippen molar-refractivity contribution in [2.75, 3.05) is 5.32 Å². The van der Waals surface area contributed by atoms with Crippen LogP contribution >= 0.6 is 23.2 Å². The number of carbonyl (C=O) groups excluding carboxylic acids is 1. The van der Waals surface area contributed by atoms with E-state index in [4.69, 9.17) is 32.0 Å². The van der Waals surface area contributed by atoms with E-state index in [0.29, 0.717) is 44.2 Å². The topological polar surface area (TPSA) is 68.3 Å². The number of anilines is 1. The zero-order valence-electron chi connectivity index (χ0n) is 18.9.